The monoisotopic (exact) mass is 608 g/mol. The minimum atomic E-state index is -0.755. The molecular formula is C34H29FN4O4S. The first kappa shape index (κ1) is 29.0. The molecule has 0 radical (unpaired) electrons. The van der Waals surface area contributed by atoms with Crippen molar-refractivity contribution in [3.8, 4) is 22.7 Å². The van der Waals surface area contributed by atoms with Gasteiger partial charge < -0.3 is 9.47 Å². The summed E-state index contributed by atoms with van der Waals surface area (Å²) < 4.78 is 28.4. The Kier molecular flexibility index (Phi) is 7.84. The van der Waals surface area contributed by atoms with E-state index < -0.39 is 12.0 Å². The van der Waals surface area contributed by atoms with E-state index in [9.17, 15) is 14.0 Å². The van der Waals surface area contributed by atoms with Crippen molar-refractivity contribution in [3.05, 3.63) is 133 Å². The van der Waals surface area contributed by atoms with E-state index in [2.05, 4.69) is 4.99 Å². The largest absolute Gasteiger partial charge is 0.497 e. The van der Waals surface area contributed by atoms with Gasteiger partial charge in [-0.15, -0.1) is 0 Å². The second kappa shape index (κ2) is 11.9. The molecule has 6 rings (SSSR count). The number of carbonyl (C=O) groups excluding carboxylic acids is 1. The van der Waals surface area contributed by atoms with Gasteiger partial charge in [0.05, 0.1) is 40.7 Å². The van der Waals surface area contributed by atoms with Crippen LogP contribution in [0.3, 0.4) is 0 Å². The van der Waals surface area contributed by atoms with E-state index in [4.69, 9.17) is 14.6 Å². The Labute approximate surface area is 256 Å². The van der Waals surface area contributed by atoms with Gasteiger partial charge in [0.1, 0.15) is 17.3 Å². The van der Waals surface area contributed by atoms with Gasteiger partial charge in [-0.25, -0.2) is 18.9 Å². The molecular weight excluding hydrogens is 579 g/mol. The van der Waals surface area contributed by atoms with E-state index in [0.717, 1.165) is 5.69 Å². The molecule has 0 fully saturated rings. The number of nitrogens with zero attached hydrogens (tertiary/aromatic N) is 4. The fraction of sp³-hybridized carbons (Fsp3) is 0.176. The van der Waals surface area contributed by atoms with Crippen LogP contribution in [0, 0.1) is 5.82 Å². The average Bonchev–Trinajstić information content (AvgIpc) is 3.57. The number of hydrogen-bond acceptors (Lipinski definition) is 7. The number of rotatable bonds is 7. The molecule has 1 aliphatic heterocycles. The standard InChI is InChI=1S/C34H29FN4O4S/c1-20(2)43-33(41)29-21(3)36-34-39(31(29)23-12-16-27(42-4)17-13-23)32(40)28(44-34)18-24-19-38(26-8-6-5-7-9-26)37-30(24)22-10-14-25(35)15-11-22/h5-20,31H,1-4H3/b28-18-. The van der Waals surface area contributed by atoms with E-state index in [0.29, 0.717) is 48.7 Å². The summed E-state index contributed by atoms with van der Waals surface area (Å²) in [6.45, 7) is 5.31. The molecule has 8 nitrogen and oxygen atoms in total. The van der Waals surface area contributed by atoms with Gasteiger partial charge >= 0.3 is 5.97 Å². The highest BCUT2D eigenvalue weighted by Gasteiger charge is 2.34. The number of aromatic nitrogens is 3. The number of fused-ring (bicyclic) bond motifs is 1. The van der Waals surface area contributed by atoms with Gasteiger partial charge in [-0.3, -0.25) is 9.36 Å². The van der Waals surface area contributed by atoms with Gasteiger partial charge in [0.25, 0.3) is 5.56 Å². The molecule has 222 valence electrons. The van der Waals surface area contributed by atoms with Gasteiger partial charge in [0.15, 0.2) is 4.80 Å². The van der Waals surface area contributed by atoms with Crippen LogP contribution in [0.4, 0.5) is 4.39 Å². The first-order valence-corrected chi connectivity index (χ1v) is 14.8. The van der Waals surface area contributed by atoms with Gasteiger partial charge in [-0.2, -0.15) is 5.10 Å². The quantitative estimate of drug-likeness (QED) is 0.238. The lowest BCUT2D eigenvalue weighted by atomic mass is 9.96. The third-order valence-corrected chi connectivity index (χ3v) is 8.17. The van der Waals surface area contributed by atoms with E-state index in [1.54, 1.807) is 67.5 Å². The topological polar surface area (TPSA) is 87.7 Å². The highest BCUT2D eigenvalue weighted by atomic mass is 32.1. The van der Waals surface area contributed by atoms with E-state index >= 15 is 0 Å². The summed E-state index contributed by atoms with van der Waals surface area (Å²) in [6.07, 6.45) is 3.25. The second-order valence-electron chi connectivity index (χ2n) is 10.5. The molecule has 0 aliphatic carbocycles. The maximum absolute atomic E-state index is 14.2. The van der Waals surface area contributed by atoms with Gasteiger partial charge in [0.2, 0.25) is 0 Å². The Hall–Kier alpha value is -5.09. The summed E-state index contributed by atoms with van der Waals surface area (Å²) >= 11 is 1.23. The van der Waals surface area contributed by atoms with Gasteiger partial charge in [-0.05, 0) is 80.9 Å². The Morgan fingerprint density at radius 1 is 1.02 bits per heavy atom. The lowest BCUT2D eigenvalue weighted by molar-refractivity contribution is -0.143. The minimum absolute atomic E-state index is 0.298. The number of methoxy groups -OCH3 is 1. The zero-order valence-electron chi connectivity index (χ0n) is 24.5. The van der Waals surface area contributed by atoms with Crippen molar-refractivity contribution < 1.29 is 18.7 Å². The molecule has 2 aromatic heterocycles. The van der Waals surface area contributed by atoms with Crippen LogP contribution in [-0.4, -0.2) is 33.5 Å². The molecule has 0 amide bonds. The molecule has 3 heterocycles. The lowest BCUT2D eigenvalue weighted by Crippen LogP contribution is -2.40. The van der Waals surface area contributed by atoms with Gasteiger partial charge in [0, 0.05) is 17.3 Å². The van der Waals surface area contributed by atoms with Crippen LogP contribution < -0.4 is 19.6 Å². The summed E-state index contributed by atoms with van der Waals surface area (Å²) in [7, 11) is 1.58. The number of para-hydroxylation sites is 1. The van der Waals surface area contributed by atoms with E-state index in [1.165, 1.54) is 23.5 Å². The maximum atomic E-state index is 14.2. The number of carbonyl (C=O) groups is 1. The van der Waals surface area contributed by atoms with Crippen LogP contribution >= 0.6 is 11.3 Å². The number of esters is 1. The fourth-order valence-electron chi connectivity index (χ4n) is 5.14. The van der Waals surface area contributed by atoms with E-state index in [1.807, 2.05) is 48.7 Å². The predicted octanol–water partition coefficient (Wildman–Crippen LogP) is 5.19. The molecule has 1 atom stereocenters. The molecule has 0 N–H and O–H groups in total. The van der Waals surface area contributed by atoms with Crippen LogP contribution in [0.1, 0.15) is 37.9 Å². The molecule has 3 aromatic carbocycles. The number of ether oxygens (including phenoxy) is 2. The van der Waals surface area contributed by atoms with Crippen molar-refractivity contribution in [2.24, 2.45) is 4.99 Å². The molecule has 0 spiro atoms. The summed E-state index contributed by atoms with van der Waals surface area (Å²) in [4.78, 5) is 32.7. The van der Waals surface area contributed by atoms with Crippen LogP contribution in [0.25, 0.3) is 23.0 Å². The zero-order chi connectivity index (χ0) is 31.0. The van der Waals surface area contributed by atoms with Gasteiger partial charge in [-0.1, -0.05) is 41.7 Å². The second-order valence-corrected chi connectivity index (χ2v) is 11.5. The van der Waals surface area contributed by atoms with Crippen LogP contribution in [-0.2, 0) is 9.53 Å². The zero-order valence-corrected chi connectivity index (χ0v) is 25.3. The predicted molar refractivity (Wildman–Crippen MR) is 167 cm³/mol. The number of thiazole rings is 1. The van der Waals surface area contributed by atoms with Crippen molar-refractivity contribution >= 4 is 23.4 Å². The van der Waals surface area contributed by atoms with Crippen LogP contribution in [0.5, 0.6) is 5.75 Å². The molecule has 0 saturated heterocycles. The highest BCUT2D eigenvalue weighted by Crippen LogP contribution is 2.32. The summed E-state index contributed by atoms with van der Waals surface area (Å²) in [5.74, 6) is -0.234. The Morgan fingerprint density at radius 3 is 2.39 bits per heavy atom. The van der Waals surface area contributed by atoms with Crippen molar-refractivity contribution in [2.45, 2.75) is 32.9 Å². The molecule has 10 heteroatoms. The van der Waals surface area contributed by atoms with Crippen molar-refractivity contribution in [1.29, 1.82) is 0 Å². The van der Waals surface area contributed by atoms with Crippen molar-refractivity contribution in [2.75, 3.05) is 7.11 Å². The summed E-state index contributed by atoms with van der Waals surface area (Å²) in [6, 6.07) is 22.2. The van der Waals surface area contributed by atoms with Crippen LogP contribution in [0.15, 0.2) is 106 Å². The molecule has 44 heavy (non-hydrogen) atoms. The Balaban J connectivity index is 1.55. The Bertz CT molecular complexity index is 2060. The third-order valence-electron chi connectivity index (χ3n) is 7.18. The highest BCUT2D eigenvalue weighted by molar-refractivity contribution is 7.07. The smallest absolute Gasteiger partial charge is 0.338 e. The Morgan fingerprint density at radius 2 is 1.73 bits per heavy atom. The number of benzene rings is 3. The summed E-state index contributed by atoms with van der Waals surface area (Å²) in [5.41, 5.74) is 3.97. The third kappa shape index (κ3) is 5.51. The minimum Gasteiger partial charge on any atom is -0.497 e. The molecule has 0 saturated carbocycles. The molecule has 1 aliphatic rings. The lowest BCUT2D eigenvalue weighted by Gasteiger charge is -2.25. The van der Waals surface area contributed by atoms with Crippen LogP contribution in [0.2, 0.25) is 0 Å². The number of allylic oxidation sites excluding steroid dienone is 1. The number of halogens is 1. The molecule has 0 bridgehead atoms. The fourth-order valence-corrected chi connectivity index (χ4v) is 6.18. The normalized spacial score (nSPS) is 14.9. The first-order chi connectivity index (χ1) is 21.2. The SMILES string of the molecule is COc1ccc(C2C(C(=O)OC(C)C)=C(C)N=c3s/c(=C\c4cn(-c5ccccc5)nc4-c4ccc(F)cc4)c(=O)n32)cc1. The van der Waals surface area contributed by atoms with E-state index in [-0.39, 0.29) is 17.5 Å². The molecule has 5 aromatic rings. The van der Waals surface area contributed by atoms with Crippen molar-refractivity contribution in [1.82, 2.24) is 14.3 Å². The summed E-state index contributed by atoms with van der Waals surface area (Å²) in [5, 5.41) is 4.80. The average molecular weight is 609 g/mol. The maximum Gasteiger partial charge on any atom is 0.338 e. The molecule has 1 unspecified atom stereocenters. The van der Waals surface area contributed by atoms with Crippen molar-refractivity contribution in [3.63, 3.8) is 0 Å². The first-order valence-electron chi connectivity index (χ1n) is 14.0. The number of hydrogen-bond donors (Lipinski definition) is 0.